The third-order valence-electron chi connectivity index (χ3n) is 2.98. The minimum Gasteiger partial charge on any atom is -0.382 e. The van der Waals surface area contributed by atoms with Crippen LogP contribution in [0, 0.1) is 11.8 Å². The van der Waals surface area contributed by atoms with Crippen molar-refractivity contribution in [2.24, 2.45) is 17.6 Å². The molecule has 120 valence electrons. The van der Waals surface area contributed by atoms with E-state index >= 15 is 0 Å². The Morgan fingerprint density at radius 3 is 2.35 bits per heavy atom. The molecular formula is C13H25F3N2O2. The van der Waals surface area contributed by atoms with Gasteiger partial charge in [-0.15, -0.1) is 0 Å². The van der Waals surface area contributed by atoms with Gasteiger partial charge >= 0.3 is 6.18 Å². The van der Waals surface area contributed by atoms with Crippen LogP contribution >= 0.6 is 0 Å². The quantitative estimate of drug-likeness (QED) is 0.663. The third kappa shape index (κ3) is 7.69. The SMILES string of the molecule is CCOCCCN(CC(F)(F)F)C(=O)C(CN)C(C)C. The van der Waals surface area contributed by atoms with E-state index < -0.39 is 24.5 Å². The third-order valence-corrected chi connectivity index (χ3v) is 2.98. The van der Waals surface area contributed by atoms with Crippen molar-refractivity contribution in [3.8, 4) is 0 Å². The molecule has 0 aromatic rings. The lowest BCUT2D eigenvalue weighted by Gasteiger charge is -2.29. The van der Waals surface area contributed by atoms with Gasteiger partial charge in [0.1, 0.15) is 6.54 Å². The van der Waals surface area contributed by atoms with Gasteiger partial charge < -0.3 is 15.4 Å². The number of carbonyl (C=O) groups excluding carboxylic acids is 1. The largest absolute Gasteiger partial charge is 0.406 e. The van der Waals surface area contributed by atoms with Gasteiger partial charge in [-0.3, -0.25) is 4.79 Å². The Labute approximate surface area is 118 Å². The van der Waals surface area contributed by atoms with Crippen LogP contribution in [-0.4, -0.2) is 49.8 Å². The Morgan fingerprint density at radius 2 is 1.95 bits per heavy atom. The number of amides is 1. The fourth-order valence-electron chi connectivity index (χ4n) is 1.88. The summed E-state index contributed by atoms with van der Waals surface area (Å²) in [5.74, 6) is -1.20. The second-order valence-corrected chi connectivity index (χ2v) is 5.01. The van der Waals surface area contributed by atoms with Crippen LogP contribution in [0.2, 0.25) is 0 Å². The fraction of sp³-hybridized carbons (Fsp3) is 0.923. The van der Waals surface area contributed by atoms with Crippen LogP contribution in [-0.2, 0) is 9.53 Å². The van der Waals surface area contributed by atoms with E-state index in [0.717, 1.165) is 4.90 Å². The van der Waals surface area contributed by atoms with Gasteiger partial charge in [-0.2, -0.15) is 13.2 Å². The number of hydrogen-bond donors (Lipinski definition) is 1. The molecule has 0 fully saturated rings. The van der Waals surface area contributed by atoms with Crippen molar-refractivity contribution < 1.29 is 22.7 Å². The maximum Gasteiger partial charge on any atom is 0.406 e. The first-order chi connectivity index (χ1) is 9.22. The van der Waals surface area contributed by atoms with Crippen molar-refractivity contribution in [3.05, 3.63) is 0 Å². The number of hydrogen-bond acceptors (Lipinski definition) is 3. The second-order valence-electron chi connectivity index (χ2n) is 5.01. The van der Waals surface area contributed by atoms with Gasteiger partial charge in [0.15, 0.2) is 0 Å². The number of carbonyl (C=O) groups is 1. The minimum absolute atomic E-state index is 0.0293. The Balaban J connectivity index is 4.68. The molecule has 7 heteroatoms. The number of ether oxygens (including phenoxy) is 1. The zero-order valence-corrected chi connectivity index (χ0v) is 12.4. The number of halogens is 3. The van der Waals surface area contributed by atoms with Crippen LogP contribution in [0.25, 0.3) is 0 Å². The highest BCUT2D eigenvalue weighted by Crippen LogP contribution is 2.20. The zero-order chi connectivity index (χ0) is 15.8. The maximum absolute atomic E-state index is 12.6. The van der Waals surface area contributed by atoms with Gasteiger partial charge in [-0.05, 0) is 19.3 Å². The summed E-state index contributed by atoms with van der Waals surface area (Å²) in [5, 5.41) is 0. The Hall–Kier alpha value is -0.820. The van der Waals surface area contributed by atoms with Gasteiger partial charge in [0.25, 0.3) is 0 Å². The number of nitrogens with two attached hydrogens (primary N) is 1. The smallest absolute Gasteiger partial charge is 0.382 e. The topological polar surface area (TPSA) is 55.6 Å². The molecule has 1 amide bonds. The second kappa shape index (κ2) is 9.18. The molecule has 0 spiro atoms. The van der Waals surface area contributed by atoms with Crippen molar-refractivity contribution in [3.63, 3.8) is 0 Å². The molecule has 0 radical (unpaired) electrons. The lowest BCUT2D eigenvalue weighted by atomic mass is 9.94. The van der Waals surface area contributed by atoms with E-state index in [-0.39, 0.29) is 19.0 Å². The summed E-state index contributed by atoms with van der Waals surface area (Å²) in [6, 6.07) is 0. The van der Waals surface area contributed by atoms with E-state index in [9.17, 15) is 18.0 Å². The van der Waals surface area contributed by atoms with Gasteiger partial charge in [0, 0.05) is 26.3 Å². The molecule has 0 bridgehead atoms. The molecule has 0 saturated heterocycles. The molecule has 0 heterocycles. The van der Waals surface area contributed by atoms with Crippen LogP contribution in [0.1, 0.15) is 27.2 Å². The lowest BCUT2D eigenvalue weighted by Crippen LogP contribution is -2.46. The van der Waals surface area contributed by atoms with Crippen molar-refractivity contribution in [1.29, 1.82) is 0 Å². The fourth-order valence-corrected chi connectivity index (χ4v) is 1.88. The molecule has 0 aromatic heterocycles. The highest BCUT2D eigenvalue weighted by atomic mass is 19.4. The molecule has 1 unspecified atom stereocenters. The van der Waals surface area contributed by atoms with Gasteiger partial charge in [0.2, 0.25) is 5.91 Å². The molecule has 0 aliphatic carbocycles. The Bertz CT molecular complexity index is 283. The molecule has 0 aromatic carbocycles. The Kier molecular flexibility index (Phi) is 8.80. The zero-order valence-electron chi connectivity index (χ0n) is 12.4. The normalized spacial score (nSPS) is 13.6. The summed E-state index contributed by atoms with van der Waals surface area (Å²) < 4.78 is 42.7. The number of alkyl halides is 3. The monoisotopic (exact) mass is 298 g/mol. The molecule has 0 aliphatic rings. The highest BCUT2D eigenvalue weighted by molar-refractivity contribution is 5.79. The summed E-state index contributed by atoms with van der Waals surface area (Å²) in [6.45, 7) is 5.06. The van der Waals surface area contributed by atoms with E-state index in [1.54, 1.807) is 13.8 Å². The molecule has 0 rings (SSSR count). The van der Waals surface area contributed by atoms with E-state index in [2.05, 4.69) is 0 Å². The van der Waals surface area contributed by atoms with Gasteiger partial charge in [-0.1, -0.05) is 13.8 Å². The van der Waals surface area contributed by atoms with E-state index in [1.165, 1.54) is 0 Å². The van der Waals surface area contributed by atoms with E-state index in [0.29, 0.717) is 19.6 Å². The minimum atomic E-state index is -4.41. The summed E-state index contributed by atoms with van der Waals surface area (Å²) >= 11 is 0. The van der Waals surface area contributed by atoms with Crippen LogP contribution in [0.15, 0.2) is 0 Å². The molecule has 0 saturated carbocycles. The molecule has 4 nitrogen and oxygen atoms in total. The number of nitrogens with zero attached hydrogens (tertiary/aromatic N) is 1. The van der Waals surface area contributed by atoms with Gasteiger partial charge in [0.05, 0.1) is 5.92 Å². The van der Waals surface area contributed by atoms with Crippen molar-refractivity contribution in [2.75, 3.05) is 32.8 Å². The van der Waals surface area contributed by atoms with Crippen LogP contribution in [0.3, 0.4) is 0 Å². The van der Waals surface area contributed by atoms with Crippen molar-refractivity contribution in [1.82, 2.24) is 4.90 Å². The average molecular weight is 298 g/mol. The summed E-state index contributed by atoms with van der Waals surface area (Å²) in [6.07, 6.45) is -4.03. The Morgan fingerprint density at radius 1 is 1.35 bits per heavy atom. The standard InChI is InChI=1S/C13H25F3N2O2/c1-4-20-7-5-6-18(9-13(14,15)16)12(19)11(8-17)10(2)3/h10-11H,4-9,17H2,1-3H3. The first-order valence-corrected chi connectivity index (χ1v) is 6.86. The summed E-state index contributed by atoms with van der Waals surface area (Å²) in [7, 11) is 0. The predicted molar refractivity (Wildman–Crippen MR) is 71.1 cm³/mol. The number of rotatable bonds is 9. The first kappa shape index (κ1) is 19.2. The molecule has 1 atom stereocenters. The van der Waals surface area contributed by atoms with Gasteiger partial charge in [-0.25, -0.2) is 0 Å². The van der Waals surface area contributed by atoms with E-state index in [4.69, 9.17) is 10.5 Å². The molecule has 0 aliphatic heterocycles. The van der Waals surface area contributed by atoms with Crippen LogP contribution in [0.4, 0.5) is 13.2 Å². The predicted octanol–water partition coefficient (Wildman–Crippen LogP) is 2.03. The van der Waals surface area contributed by atoms with Crippen LogP contribution < -0.4 is 5.73 Å². The lowest BCUT2D eigenvalue weighted by molar-refractivity contribution is -0.164. The molecular weight excluding hydrogens is 273 g/mol. The average Bonchev–Trinajstić information content (AvgIpc) is 2.32. The molecule has 20 heavy (non-hydrogen) atoms. The first-order valence-electron chi connectivity index (χ1n) is 6.86. The van der Waals surface area contributed by atoms with Crippen molar-refractivity contribution in [2.45, 2.75) is 33.4 Å². The molecule has 2 N–H and O–H groups in total. The maximum atomic E-state index is 12.6. The summed E-state index contributed by atoms with van der Waals surface area (Å²) in [4.78, 5) is 13.0. The van der Waals surface area contributed by atoms with Crippen molar-refractivity contribution >= 4 is 5.91 Å². The van der Waals surface area contributed by atoms with E-state index in [1.807, 2.05) is 6.92 Å². The highest BCUT2D eigenvalue weighted by Gasteiger charge is 2.35. The van der Waals surface area contributed by atoms with Crippen LogP contribution in [0.5, 0.6) is 0 Å². The summed E-state index contributed by atoms with van der Waals surface area (Å²) in [5.41, 5.74) is 5.50.